The number of rotatable bonds is 1. The molecular formula is C15H24O. The van der Waals surface area contributed by atoms with Gasteiger partial charge in [-0.15, -0.1) is 0 Å². The molecule has 0 aromatic rings. The third-order valence-corrected chi connectivity index (χ3v) is 5.15. The van der Waals surface area contributed by atoms with Gasteiger partial charge < -0.3 is 0 Å². The van der Waals surface area contributed by atoms with Crippen LogP contribution in [0.15, 0.2) is 11.6 Å². The number of carbonyl (C=O) groups excluding carboxylic acids is 1. The second kappa shape index (κ2) is 4.01. The summed E-state index contributed by atoms with van der Waals surface area (Å²) in [5.74, 6) is 2.57. The highest BCUT2D eigenvalue weighted by Crippen LogP contribution is 2.57. The van der Waals surface area contributed by atoms with Crippen molar-refractivity contribution in [1.29, 1.82) is 0 Å². The number of carbonyl (C=O) groups is 1. The van der Waals surface area contributed by atoms with Crippen LogP contribution in [0.4, 0.5) is 0 Å². The molecule has 0 amide bonds. The van der Waals surface area contributed by atoms with Crippen LogP contribution in [0.25, 0.3) is 0 Å². The zero-order valence-corrected chi connectivity index (χ0v) is 11.0. The van der Waals surface area contributed by atoms with Crippen LogP contribution in [0.1, 0.15) is 53.4 Å². The molecule has 90 valence electrons. The van der Waals surface area contributed by atoms with Crippen LogP contribution in [0.3, 0.4) is 0 Å². The molecule has 1 heteroatoms. The number of hydrogen-bond acceptors (Lipinski definition) is 1. The zero-order chi connectivity index (χ0) is 11.9. The number of Topliss-reactive ketones (excluding diaryl/α,β-unsaturated/α-hetero) is 1. The highest BCUT2D eigenvalue weighted by Gasteiger charge is 2.50. The lowest BCUT2D eigenvalue weighted by atomic mass is 9.61. The topological polar surface area (TPSA) is 17.1 Å². The van der Waals surface area contributed by atoms with Gasteiger partial charge in [0, 0.05) is 6.42 Å². The van der Waals surface area contributed by atoms with E-state index in [1.54, 1.807) is 0 Å². The van der Waals surface area contributed by atoms with E-state index in [0.29, 0.717) is 23.0 Å². The maximum absolute atomic E-state index is 12.0. The summed E-state index contributed by atoms with van der Waals surface area (Å²) < 4.78 is 0. The van der Waals surface area contributed by atoms with Gasteiger partial charge in [0.15, 0.2) is 5.78 Å². The molecule has 2 rings (SSSR count). The molecule has 0 bridgehead atoms. The Balaban J connectivity index is 2.32. The van der Waals surface area contributed by atoms with E-state index in [-0.39, 0.29) is 0 Å². The molecule has 1 fully saturated rings. The Hall–Kier alpha value is -0.590. The van der Waals surface area contributed by atoms with E-state index in [1.165, 1.54) is 12.8 Å². The third kappa shape index (κ3) is 1.65. The van der Waals surface area contributed by atoms with Crippen molar-refractivity contribution in [1.82, 2.24) is 0 Å². The summed E-state index contributed by atoms with van der Waals surface area (Å²) in [6, 6.07) is 0. The van der Waals surface area contributed by atoms with Crippen molar-refractivity contribution in [2.24, 2.45) is 23.2 Å². The minimum Gasteiger partial charge on any atom is -0.295 e. The van der Waals surface area contributed by atoms with Crippen molar-refractivity contribution in [3.8, 4) is 0 Å². The first-order valence-corrected chi connectivity index (χ1v) is 6.67. The second-order valence-electron chi connectivity index (χ2n) is 6.25. The van der Waals surface area contributed by atoms with Crippen molar-refractivity contribution in [3.05, 3.63) is 11.6 Å². The molecule has 0 aromatic heterocycles. The fourth-order valence-corrected chi connectivity index (χ4v) is 3.99. The molecule has 0 radical (unpaired) electrons. The summed E-state index contributed by atoms with van der Waals surface area (Å²) in [5, 5.41) is 0. The molecule has 0 heterocycles. The molecule has 1 spiro atoms. The molecule has 2 aliphatic rings. The van der Waals surface area contributed by atoms with Crippen LogP contribution in [-0.2, 0) is 4.79 Å². The highest BCUT2D eigenvalue weighted by molar-refractivity contribution is 5.96. The van der Waals surface area contributed by atoms with E-state index in [1.807, 2.05) is 6.92 Å². The smallest absolute Gasteiger partial charge is 0.158 e. The zero-order valence-electron chi connectivity index (χ0n) is 11.0. The van der Waals surface area contributed by atoms with Crippen molar-refractivity contribution in [3.63, 3.8) is 0 Å². The maximum atomic E-state index is 12.0. The molecule has 1 nitrogen and oxygen atoms in total. The van der Waals surface area contributed by atoms with Gasteiger partial charge in [0.25, 0.3) is 0 Å². The average molecular weight is 220 g/mol. The van der Waals surface area contributed by atoms with Crippen LogP contribution in [0.5, 0.6) is 0 Å². The number of hydrogen-bond donors (Lipinski definition) is 0. The molecule has 0 saturated heterocycles. The van der Waals surface area contributed by atoms with Crippen molar-refractivity contribution < 1.29 is 4.79 Å². The Morgan fingerprint density at radius 2 is 2.06 bits per heavy atom. The van der Waals surface area contributed by atoms with E-state index < -0.39 is 0 Å². The summed E-state index contributed by atoms with van der Waals surface area (Å²) in [4.78, 5) is 12.0. The normalized spacial score (nSPS) is 39.6. The first-order valence-electron chi connectivity index (χ1n) is 6.67. The van der Waals surface area contributed by atoms with Gasteiger partial charge in [0.1, 0.15) is 0 Å². The lowest BCUT2D eigenvalue weighted by molar-refractivity contribution is -0.120. The predicted molar refractivity (Wildman–Crippen MR) is 67.2 cm³/mol. The van der Waals surface area contributed by atoms with Crippen molar-refractivity contribution in [2.75, 3.05) is 0 Å². The van der Waals surface area contributed by atoms with Gasteiger partial charge in [-0.05, 0) is 54.9 Å². The summed E-state index contributed by atoms with van der Waals surface area (Å²) in [6.45, 7) is 8.96. The first kappa shape index (κ1) is 11.9. The van der Waals surface area contributed by atoms with E-state index in [9.17, 15) is 4.79 Å². The molecule has 0 N–H and O–H groups in total. The summed E-state index contributed by atoms with van der Waals surface area (Å²) in [7, 11) is 0. The lowest BCUT2D eigenvalue weighted by Crippen LogP contribution is -2.38. The monoisotopic (exact) mass is 220 g/mol. The standard InChI is InChI=1S/C15H24O/c1-10(2)13-6-5-12(4)15(13)8-7-11(3)14(16)9-15/h7,10,12-13H,5-6,8-9H2,1-4H3/t12-,13-,15?/m0/s1. The quantitative estimate of drug-likeness (QED) is 0.653. The van der Waals surface area contributed by atoms with Crippen LogP contribution >= 0.6 is 0 Å². The Morgan fingerprint density at radius 1 is 1.38 bits per heavy atom. The lowest BCUT2D eigenvalue weighted by Gasteiger charge is -2.42. The van der Waals surface area contributed by atoms with Gasteiger partial charge in [0.2, 0.25) is 0 Å². The second-order valence-corrected chi connectivity index (χ2v) is 6.25. The predicted octanol–water partition coefficient (Wildman–Crippen LogP) is 3.98. The van der Waals surface area contributed by atoms with Gasteiger partial charge in [-0.25, -0.2) is 0 Å². The van der Waals surface area contributed by atoms with Crippen LogP contribution in [0.2, 0.25) is 0 Å². The Morgan fingerprint density at radius 3 is 2.62 bits per heavy atom. The largest absolute Gasteiger partial charge is 0.295 e. The summed E-state index contributed by atoms with van der Waals surface area (Å²) in [6.07, 6.45) is 6.76. The molecule has 2 aliphatic carbocycles. The average Bonchev–Trinajstić information content (AvgIpc) is 2.51. The minimum absolute atomic E-state index is 0.296. The fourth-order valence-electron chi connectivity index (χ4n) is 3.99. The van der Waals surface area contributed by atoms with Crippen LogP contribution < -0.4 is 0 Å². The third-order valence-electron chi connectivity index (χ3n) is 5.15. The van der Waals surface area contributed by atoms with Gasteiger partial charge in [-0.1, -0.05) is 26.8 Å². The molecule has 1 unspecified atom stereocenters. The molecule has 0 aliphatic heterocycles. The molecule has 3 atom stereocenters. The Labute approximate surface area is 99.3 Å². The number of ketones is 1. The SMILES string of the molecule is CC1=CCC2(CC1=O)[C@@H](C)CC[C@H]2C(C)C. The van der Waals surface area contributed by atoms with Gasteiger partial charge in [-0.3, -0.25) is 4.79 Å². The highest BCUT2D eigenvalue weighted by atomic mass is 16.1. The van der Waals surface area contributed by atoms with E-state index in [4.69, 9.17) is 0 Å². The molecular weight excluding hydrogens is 196 g/mol. The van der Waals surface area contributed by atoms with Gasteiger partial charge in [-0.2, -0.15) is 0 Å². The van der Waals surface area contributed by atoms with Gasteiger partial charge in [0.05, 0.1) is 0 Å². The van der Waals surface area contributed by atoms with Crippen LogP contribution in [0, 0.1) is 23.2 Å². The summed E-state index contributed by atoms with van der Waals surface area (Å²) >= 11 is 0. The van der Waals surface area contributed by atoms with Gasteiger partial charge >= 0.3 is 0 Å². The van der Waals surface area contributed by atoms with Crippen molar-refractivity contribution in [2.45, 2.75) is 53.4 Å². The molecule has 16 heavy (non-hydrogen) atoms. The minimum atomic E-state index is 0.296. The fraction of sp³-hybridized carbons (Fsp3) is 0.800. The Kier molecular flexibility index (Phi) is 2.98. The van der Waals surface area contributed by atoms with E-state index >= 15 is 0 Å². The molecule has 0 aromatic carbocycles. The first-order chi connectivity index (χ1) is 7.47. The Bertz CT molecular complexity index is 326. The maximum Gasteiger partial charge on any atom is 0.158 e. The van der Waals surface area contributed by atoms with Crippen LogP contribution in [-0.4, -0.2) is 5.78 Å². The van der Waals surface area contributed by atoms with E-state index in [2.05, 4.69) is 26.8 Å². The van der Waals surface area contributed by atoms with Crippen molar-refractivity contribution >= 4 is 5.78 Å². The van der Waals surface area contributed by atoms with E-state index in [0.717, 1.165) is 24.3 Å². The summed E-state index contributed by atoms with van der Waals surface area (Å²) in [5.41, 5.74) is 1.29. The molecule has 1 saturated carbocycles. The number of allylic oxidation sites excluding steroid dienone is 2.